The molecule has 0 fully saturated rings. The lowest BCUT2D eigenvalue weighted by Gasteiger charge is -2.11. The van der Waals surface area contributed by atoms with Crippen molar-refractivity contribution in [3.63, 3.8) is 0 Å². The first-order valence-electron chi connectivity index (χ1n) is 6.81. The Morgan fingerprint density at radius 2 is 2.00 bits per heavy atom. The molecule has 0 unspecified atom stereocenters. The van der Waals surface area contributed by atoms with E-state index in [-0.39, 0.29) is 0 Å². The molecule has 1 aromatic carbocycles. The van der Waals surface area contributed by atoms with E-state index in [2.05, 4.69) is 24.3 Å². The van der Waals surface area contributed by atoms with Gasteiger partial charge in [-0.1, -0.05) is 36.2 Å². The molecule has 0 spiro atoms. The molecule has 0 aliphatic rings. The molecular weight excluding hydrogens is 293 g/mol. The molecule has 2 rings (SSSR count). The van der Waals surface area contributed by atoms with Crippen molar-refractivity contribution in [3.05, 3.63) is 45.2 Å². The van der Waals surface area contributed by atoms with Crippen LogP contribution in [0.1, 0.15) is 30.8 Å². The minimum Gasteiger partial charge on any atom is -0.379 e. The largest absolute Gasteiger partial charge is 0.379 e. The molecule has 20 heavy (non-hydrogen) atoms. The van der Waals surface area contributed by atoms with Crippen molar-refractivity contribution in [2.24, 2.45) is 0 Å². The van der Waals surface area contributed by atoms with E-state index in [0.717, 1.165) is 45.6 Å². The number of benzene rings is 1. The van der Waals surface area contributed by atoms with Gasteiger partial charge in [-0.05, 0) is 38.0 Å². The van der Waals surface area contributed by atoms with Crippen LogP contribution in [-0.2, 0) is 19.5 Å². The lowest BCUT2D eigenvalue weighted by atomic mass is 10.2. The Balaban J connectivity index is 2.22. The Labute approximate surface area is 129 Å². The second-order valence-corrected chi connectivity index (χ2v) is 5.43. The van der Waals surface area contributed by atoms with E-state index in [0.29, 0.717) is 6.54 Å². The summed E-state index contributed by atoms with van der Waals surface area (Å²) >= 11 is 12.5. The minimum atomic E-state index is 0.640. The molecular formula is C15H19Cl2N3. The van der Waals surface area contributed by atoms with Gasteiger partial charge < -0.3 is 5.32 Å². The van der Waals surface area contributed by atoms with Gasteiger partial charge in [0.1, 0.15) is 0 Å². The highest BCUT2D eigenvalue weighted by Crippen LogP contribution is 2.26. The number of hydrogen-bond acceptors (Lipinski definition) is 2. The predicted molar refractivity (Wildman–Crippen MR) is 85.8 cm³/mol. The third-order valence-electron chi connectivity index (χ3n) is 3.41. The van der Waals surface area contributed by atoms with Gasteiger partial charge in [0.25, 0.3) is 0 Å². The van der Waals surface area contributed by atoms with Gasteiger partial charge in [-0.3, -0.25) is 4.68 Å². The molecule has 0 atom stereocenters. The van der Waals surface area contributed by atoms with Crippen molar-refractivity contribution in [2.45, 2.75) is 40.3 Å². The highest BCUT2D eigenvalue weighted by molar-refractivity contribution is 6.32. The van der Waals surface area contributed by atoms with E-state index >= 15 is 0 Å². The van der Waals surface area contributed by atoms with Gasteiger partial charge in [-0.2, -0.15) is 5.10 Å². The topological polar surface area (TPSA) is 29.9 Å². The van der Waals surface area contributed by atoms with Crippen LogP contribution < -0.4 is 5.32 Å². The molecule has 0 radical (unpaired) electrons. The average molecular weight is 312 g/mol. The maximum atomic E-state index is 6.40. The molecule has 0 amide bonds. The van der Waals surface area contributed by atoms with Crippen LogP contribution in [0, 0.1) is 6.92 Å². The van der Waals surface area contributed by atoms with Gasteiger partial charge in [0.05, 0.1) is 23.0 Å². The SMILES string of the molecule is CCc1nn(CC)c(CNc2cccc(Cl)c2C)c1Cl. The zero-order valence-corrected chi connectivity index (χ0v) is 13.5. The fourth-order valence-corrected chi connectivity index (χ4v) is 2.67. The molecule has 2 aromatic rings. The normalized spacial score (nSPS) is 10.8. The first kappa shape index (κ1) is 15.2. The number of halogens is 2. The number of aryl methyl sites for hydroxylation is 2. The van der Waals surface area contributed by atoms with Gasteiger partial charge >= 0.3 is 0 Å². The second kappa shape index (κ2) is 6.51. The fourth-order valence-electron chi connectivity index (χ4n) is 2.16. The van der Waals surface area contributed by atoms with E-state index < -0.39 is 0 Å². The summed E-state index contributed by atoms with van der Waals surface area (Å²) in [7, 11) is 0. The summed E-state index contributed by atoms with van der Waals surface area (Å²) < 4.78 is 1.95. The van der Waals surface area contributed by atoms with Crippen molar-refractivity contribution >= 4 is 28.9 Å². The second-order valence-electron chi connectivity index (χ2n) is 4.64. The molecule has 5 heteroatoms. The Bertz CT molecular complexity index is 605. The highest BCUT2D eigenvalue weighted by atomic mass is 35.5. The molecule has 0 bridgehead atoms. The lowest BCUT2D eigenvalue weighted by molar-refractivity contribution is 0.619. The summed E-state index contributed by atoms with van der Waals surface area (Å²) in [6, 6.07) is 5.84. The van der Waals surface area contributed by atoms with Crippen molar-refractivity contribution in [1.82, 2.24) is 9.78 Å². The minimum absolute atomic E-state index is 0.640. The zero-order valence-electron chi connectivity index (χ0n) is 12.0. The predicted octanol–water partition coefficient (Wildman–Crippen LogP) is 4.69. The first-order chi connectivity index (χ1) is 9.58. The van der Waals surface area contributed by atoms with Crippen LogP contribution in [0.3, 0.4) is 0 Å². The van der Waals surface area contributed by atoms with Crippen molar-refractivity contribution in [2.75, 3.05) is 5.32 Å². The van der Waals surface area contributed by atoms with Crippen molar-refractivity contribution in [3.8, 4) is 0 Å². The third kappa shape index (κ3) is 2.94. The molecule has 0 aliphatic carbocycles. The molecule has 3 nitrogen and oxygen atoms in total. The molecule has 1 N–H and O–H groups in total. The number of anilines is 1. The quantitative estimate of drug-likeness (QED) is 0.868. The van der Waals surface area contributed by atoms with Gasteiger partial charge in [-0.25, -0.2) is 0 Å². The molecule has 1 aromatic heterocycles. The van der Waals surface area contributed by atoms with Crippen LogP contribution in [0.15, 0.2) is 18.2 Å². The van der Waals surface area contributed by atoms with E-state index in [1.165, 1.54) is 0 Å². The van der Waals surface area contributed by atoms with Gasteiger partial charge in [0.15, 0.2) is 0 Å². The number of nitrogens with one attached hydrogen (secondary N) is 1. The summed E-state index contributed by atoms with van der Waals surface area (Å²) in [5.41, 5.74) is 4.04. The van der Waals surface area contributed by atoms with Crippen molar-refractivity contribution in [1.29, 1.82) is 0 Å². The van der Waals surface area contributed by atoms with Gasteiger partial charge in [0.2, 0.25) is 0 Å². The summed E-state index contributed by atoms with van der Waals surface area (Å²) in [6.07, 6.45) is 0.842. The first-order valence-corrected chi connectivity index (χ1v) is 7.57. The summed E-state index contributed by atoms with van der Waals surface area (Å²) in [4.78, 5) is 0. The van der Waals surface area contributed by atoms with Crippen LogP contribution in [-0.4, -0.2) is 9.78 Å². The Morgan fingerprint density at radius 3 is 2.65 bits per heavy atom. The summed E-state index contributed by atoms with van der Waals surface area (Å²) in [6.45, 7) is 7.58. The van der Waals surface area contributed by atoms with E-state index in [4.69, 9.17) is 23.2 Å². The summed E-state index contributed by atoms with van der Waals surface area (Å²) in [5.74, 6) is 0. The zero-order chi connectivity index (χ0) is 14.7. The van der Waals surface area contributed by atoms with Crippen LogP contribution in [0.4, 0.5) is 5.69 Å². The molecule has 1 heterocycles. The molecule has 0 saturated heterocycles. The number of nitrogens with zero attached hydrogens (tertiary/aromatic N) is 2. The Hall–Kier alpha value is -1.19. The van der Waals surface area contributed by atoms with Gasteiger partial charge in [-0.15, -0.1) is 0 Å². The standard InChI is InChI=1S/C15H19Cl2N3/c1-4-12-15(17)14(20(5-2)19-12)9-18-13-8-6-7-11(16)10(13)3/h6-8,18H,4-5,9H2,1-3H3. The third-order valence-corrected chi connectivity index (χ3v) is 4.25. The van der Waals surface area contributed by atoms with Crippen LogP contribution in [0.25, 0.3) is 0 Å². The van der Waals surface area contributed by atoms with Gasteiger partial charge in [0, 0.05) is 17.3 Å². The average Bonchev–Trinajstić information content (AvgIpc) is 2.76. The summed E-state index contributed by atoms with van der Waals surface area (Å²) in [5, 5.41) is 9.44. The number of hydrogen-bond donors (Lipinski definition) is 1. The molecule has 0 saturated carbocycles. The highest BCUT2D eigenvalue weighted by Gasteiger charge is 2.14. The van der Waals surface area contributed by atoms with E-state index in [1.807, 2.05) is 29.8 Å². The molecule has 108 valence electrons. The Kier molecular flexibility index (Phi) is 4.95. The van der Waals surface area contributed by atoms with Crippen LogP contribution in [0.5, 0.6) is 0 Å². The van der Waals surface area contributed by atoms with Crippen LogP contribution >= 0.6 is 23.2 Å². The van der Waals surface area contributed by atoms with E-state index in [9.17, 15) is 0 Å². The lowest BCUT2D eigenvalue weighted by Crippen LogP contribution is -2.09. The van der Waals surface area contributed by atoms with E-state index in [1.54, 1.807) is 0 Å². The maximum absolute atomic E-state index is 6.40. The number of aromatic nitrogens is 2. The Morgan fingerprint density at radius 1 is 1.25 bits per heavy atom. The fraction of sp³-hybridized carbons (Fsp3) is 0.400. The monoisotopic (exact) mass is 311 g/mol. The van der Waals surface area contributed by atoms with Crippen molar-refractivity contribution < 1.29 is 0 Å². The number of rotatable bonds is 5. The maximum Gasteiger partial charge on any atom is 0.0868 e. The smallest absolute Gasteiger partial charge is 0.0868 e. The van der Waals surface area contributed by atoms with Crippen LogP contribution in [0.2, 0.25) is 10.0 Å². The molecule has 0 aliphatic heterocycles.